The summed E-state index contributed by atoms with van der Waals surface area (Å²) in [5, 5.41) is 4.26. The molecule has 8 nitrogen and oxygen atoms in total. The summed E-state index contributed by atoms with van der Waals surface area (Å²) >= 11 is 0. The van der Waals surface area contributed by atoms with Gasteiger partial charge in [0.05, 0.1) is 30.3 Å². The molecule has 0 saturated heterocycles. The van der Waals surface area contributed by atoms with Crippen LogP contribution in [-0.2, 0) is 19.6 Å². The highest BCUT2D eigenvalue weighted by Crippen LogP contribution is 2.11. The van der Waals surface area contributed by atoms with E-state index in [4.69, 9.17) is 0 Å². The quantitative estimate of drug-likeness (QED) is 0.613. The first kappa shape index (κ1) is 20.4. The SMILES string of the molecule is CCN(Cc1cnn(CC)c1)C(=O)c1c(C)ccn(Cc2cnc(C)cn2)c1=O. The van der Waals surface area contributed by atoms with Crippen molar-refractivity contribution in [1.29, 1.82) is 0 Å². The molecular weight excluding hydrogens is 368 g/mol. The maximum absolute atomic E-state index is 13.2. The average molecular weight is 394 g/mol. The lowest BCUT2D eigenvalue weighted by atomic mass is 10.1. The van der Waals surface area contributed by atoms with Crippen molar-refractivity contribution in [3.05, 3.63) is 75.5 Å². The van der Waals surface area contributed by atoms with Crippen molar-refractivity contribution >= 4 is 5.91 Å². The van der Waals surface area contributed by atoms with Gasteiger partial charge in [0.2, 0.25) is 0 Å². The van der Waals surface area contributed by atoms with E-state index in [-0.39, 0.29) is 23.6 Å². The Labute approximate surface area is 169 Å². The second kappa shape index (κ2) is 8.81. The van der Waals surface area contributed by atoms with Gasteiger partial charge in [0.1, 0.15) is 5.56 Å². The van der Waals surface area contributed by atoms with Crippen LogP contribution in [0.3, 0.4) is 0 Å². The van der Waals surface area contributed by atoms with Gasteiger partial charge in [0.15, 0.2) is 0 Å². The third-order valence-corrected chi connectivity index (χ3v) is 4.81. The van der Waals surface area contributed by atoms with E-state index in [0.717, 1.165) is 17.8 Å². The Morgan fingerprint density at radius 1 is 1.14 bits per heavy atom. The summed E-state index contributed by atoms with van der Waals surface area (Å²) in [7, 11) is 0. The molecule has 0 N–H and O–H groups in total. The number of nitrogens with zero attached hydrogens (tertiary/aromatic N) is 6. The molecule has 0 radical (unpaired) electrons. The Morgan fingerprint density at radius 2 is 1.93 bits per heavy atom. The first-order chi connectivity index (χ1) is 13.9. The first-order valence-corrected chi connectivity index (χ1v) is 9.71. The molecule has 0 bridgehead atoms. The molecular formula is C21H26N6O2. The lowest BCUT2D eigenvalue weighted by molar-refractivity contribution is 0.0749. The van der Waals surface area contributed by atoms with Crippen LogP contribution in [0.4, 0.5) is 0 Å². The molecule has 0 atom stereocenters. The van der Waals surface area contributed by atoms with E-state index in [1.54, 1.807) is 42.7 Å². The van der Waals surface area contributed by atoms with Gasteiger partial charge in [-0.3, -0.25) is 24.2 Å². The number of carbonyl (C=O) groups is 1. The number of aromatic nitrogens is 5. The van der Waals surface area contributed by atoms with Crippen molar-refractivity contribution in [3.8, 4) is 0 Å². The smallest absolute Gasteiger partial charge is 0.264 e. The summed E-state index contributed by atoms with van der Waals surface area (Å²) in [6.07, 6.45) is 8.67. The van der Waals surface area contributed by atoms with Crippen molar-refractivity contribution < 1.29 is 4.79 Å². The van der Waals surface area contributed by atoms with Gasteiger partial charge in [-0.15, -0.1) is 0 Å². The normalized spacial score (nSPS) is 10.9. The second-order valence-corrected chi connectivity index (χ2v) is 6.98. The molecule has 3 rings (SSSR count). The van der Waals surface area contributed by atoms with Crippen LogP contribution in [0.1, 0.15) is 46.7 Å². The molecule has 0 spiro atoms. The molecule has 0 aromatic carbocycles. The van der Waals surface area contributed by atoms with Crippen molar-refractivity contribution in [1.82, 2.24) is 29.2 Å². The van der Waals surface area contributed by atoms with E-state index >= 15 is 0 Å². The van der Waals surface area contributed by atoms with E-state index in [1.807, 2.05) is 31.6 Å². The molecule has 8 heteroatoms. The van der Waals surface area contributed by atoms with Crippen LogP contribution in [-0.4, -0.2) is 41.7 Å². The second-order valence-electron chi connectivity index (χ2n) is 6.98. The molecule has 152 valence electrons. The molecule has 0 unspecified atom stereocenters. The van der Waals surface area contributed by atoms with Crippen LogP contribution < -0.4 is 5.56 Å². The van der Waals surface area contributed by atoms with Gasteiger partial charge in [0, 0.05) is 43.8 Å². The third-order valence-electron chi connectivity index (χ3n) is 4.81. The third kappa shape index (κ3) is 4.59. The maximum Gasteiger partial charge on any atom is 0.264 e. The predicted octanol–water partition coefficient (Wildman–Crippen LogP) is 2.18. The number of carbonyl (C=O) groups excluding carboxylic acids is 1. The number of pyridine rings is 1. The van der Waals surface area contributed by atoms with E-state index in [9.17, 15) is 9.59 Å². The first-order valence-electron chi connectivity index (χ1n) is 9.71. The highest BCUT2D eigenvalue weighted by Gasteiger charge is 2.22. The summed E-state index contributed by atoms with van der Waals surface area (Å²) in [5.74, 6) is -0.274. The fourth-order valence-electron chi connectivity index (χ4n) is 3.09. The largest absolute Gasteiger partial charge is 0.334 e. The van der Waals surface area contributed by atoms with E-state index in [2.05, 4.69) is 15.1 Å². The summed E-state index contributed by atoms with van der Waals surface area (Å²) in [4.78, 5) is 36.5. The Balaban J connectivity index is 1.88. The minimum atomic E-state index is -0.319. The molecule has 0 saturated carbocycles. The van der Waals surface area contributed by atoms with Crippen LogP contribution in [0, 0.1) is 13.8 Å². The van der Waals surface area contributed by atoms with Crippen molar-refractivity contribution in [2.24, 2.45) is 0 Å². The molecule has 29 heavy (non-hydrogen) atoms. The van der Waals surface area contributed by atoms with Gasteiger partial charge < -0.3 is 9.47 Å². The van der Waals surface area contributed by atoms with Crippen LogP contribution in [0.5, 0.6) is 0 Å². The van der Waals surface area contributed by atoms with Crippen molar-refractivity contribution in [2.45, 2.75) is 47.3 Å². The molecule has 0 fully saturated rings. The predicted molar refractivity (Wildman–Crippen MR) is 110 cm³/mol. The fraction of sp³-hybridized carbons (Fsp3) is 0.381. The van der Waals surface area contributed by atoms with Crippen LogP contribution >= 0.6 is 0 Å². The molecule has 1 amide bonds. The summed E-state index contributed by atoms with van der Waals surface area (Å²) < 4.78 is 3.32. The summed E-state index contributed by atoms with van der Waals surface area (Å²) in [6.45, 7) is 9.49. The number of hydrogen-bond donors (Lipinski definition) is 0. The maximum atomic E-state index is 13.2. The summed E-state index contributed by atoms with van der Waals surface area (Å²) in [5.41, 5.74) is 2.95. The molecule has 0 aliphatic carbocycles. The van der Waals surface area contributed by atoms with Gasteiger partial charge in [-0.25, -0.2) is 0 Å². The van der Waals surface area contributed by atoms with Gasteiger partial charge in [0.25, 0.3) is 11.5 Å². The van der Waals surface area contributed by atoms with Crippen LogP contribution in [0.25, 0.3) is 0 Å². The number of rotatable bonds is 7. The average Bonchev–Trinajstić information content (AvgIpc) is 3.17. The van der Waals surface area contributed by atoms with Crippen molar-refractivity contribution in [3.63, 3.8) is 0 Å². The van der Waals surface area contributed by atoms with Crippen molar-refractivity contribution in [2.75, 3.05) is 6.54 Å². The minimum absolute atomic E-state index is 0.192. The highest BCUT2D eigenvalue weighted by atomic mass is 16.2. The standard InChI is InChI=1S/C21H26N6O2/c1-5-25(12-17-10-24-27(6-2)13-17)20(28)19-15(3)7-8-26(21(19)29)14-18-11-22-16(4)9-23-18/h7-11,13H,5-6,12,14H2,1-4H3. The monoisotopic (exact) mass is 394 g/mol. The van der Waals surface area contributed by atoms with E-state index in [0.29, 0.717) is 24.3 Å². The molecule has 0 aliphatic rings. The zero-order valence-corrected chi connectivity index (χ0v) is 17.3. The number of amides is 1. The molecule has 3 heterocycles. The topological polar surface area (TPSA) is 85.9 Å². The number of aryl methyl sites for hydroxylation is 3. The van der Waals surface area contributed by atoms with E-state index < -0.39 is 0 Å². The minimum Gasteiger partial charge on any atom is -0.334 e. The Morgan fingerprint density at radius 3 is 2.55 bits per heavy atom. The van der Waals surface area contributed by atoms with Gasteiger partial charge in [-0.1, -0.05) is 0 Å². The van der Waals surface area contributed by atoms with E-state index in [1.165, 1.54) is 4.57 Å². The summed E-state index contributed by atoms with van der Waals surface area (Å²) in [6, 6.07) is 1.79. The highest BCUT2D eigenvalue weighted by molar-refractivity contribution is 5.95. The molecule has 3 aromatic rings. The molecule has 3 aromatic heterocycles. The lowest BCUT2D eigenvalue weighted by Crippen LogP contribution is -2.37. The van der Waals surface area contributed by atoms with Gasteiger partial charge >= 0.3 is 0 Å². The fourth-order valence-corrected chi connectivity index (χ4v) is 3.09. The molecule has 0 aliphatic heterocycles. The Hall–Kier alpha value is -3.29. The Bertz CT molecular complexity index is 1050. The zero-order chi connectivity index (χ0) is 21.0. The van der Waals surface area contributed by atoms with Gasteiger partial charge in [-0.05, 0) is 39.3 Å². The van der Waals surface area contributed by atoms with Gasteiger partial charge in [-0.2, -0.15) is 5.10 Å². The lowest BCUT2D eigenvalue weighted by Gasteiger charge is -2.21. The van der Waals surface area contributed by atoms with Crippen LogP contribution in [0.2, 0.25) is 0 Å². The zero-order valence-electron chi connectivity index (χ0n) is 17.3. The Kier molecular flexibility index (Phi) is 6.21. The van der Waals surface area contributed by atoms with Crippen LogP contribution in [0.15, 0.2) is 41.8 Å². The number of hydrogen-bond acceptors (Lipinski definition) is 5.